The summed E-state index contributed by atoms with van der Waals surface area (Å²) in [6.07, 6.45) is 1.01. The average molecular weight is 363 g/mol. The molecule has 7 nitrogen and oxygen atoms in total. The standard InChI is InChI=1S/C20H21N5O2/c1-25(20(21)22)19(27)16-12-14-8-5-9-15(18(14)24-16)23-17(26)11-10-13-6-3-2-4-7-13/h2-9,12,24H,10-11H2,1H3,(H3,21,22)(H,23,26). The van der Waals surface area contributed by atoms with Crippen LogP contribution < -0.4 is 11.1 Å². The summed E-state index contributed by atoms with van der Waals surface area (Å²) in [5, 5.41) is 11.1. The Balaban J connectivity index is 1.75. The van der Waals surface area contributed by atoms with Crippen molar-refractivity contribution in [1.29, 1.82) is 5.41 Å². The van der Waals surface area contributed by atoms with Crippen LogP contribution in [0.5, 0.6) is 0 Å². The van der Waals surface area contributed by atoms with Gasteiger partial charge in [-0.05, 0) is 24.1 Å². The third kappa shape index (κ3) is 4.14. The van der Waals surface area contributed by atoms with Crippen LogP contribution in [0.15, 0.2) is 54.6 Å². The number of fused-ring (bicyclic) bond motifs is 1. The lowest BCUT2D eigenvalue weighted by Gasteiger charge is -2.12. The first kappa shape index (κ1) is 18.2. The Hall–Kier alpha value is -3.61. The Kier molecular flexibility index (Phi) is 5.21. The second-order valence-electron chi connectivity index (χ2n) is 6.24. The zero-order valence-electron chi connectivity index (χ0n) is 15.0. The van der Waals surface area contributed by atoms with Gasteiger partial charge in [-0.1, -0.05) is 42.5 Å². The maximum atomic E-state index is 12.3. The first-order valence-electron chi connectivity index (χ1n) is 8.53. The summed E-state index contributed by atoms with van der Waals surface area (Å²) in [4.78, 5) is 28.7. The molecule has 1 heterocycles. The van der Waals surface area contributed by atoms with Crippen molar-refractivity contribution in [2.75, 3.05) is 12.4 Å². The van der Waals surface area contributed by atoms with Crippen molar-refractivity contribution in [1.82, 2.24) is 9.88 Å². The Morgan fingerprint density at radius 3 is 2.59 bits per heavy atom. The zero-order valence-corrected chi connectivity index (χ0v) is 15.0. The number of aromatic amines is 1. The normalized spacial score (nSPS) is 10.6. The van der Waals surface area contributed by atoms with Gasteiger partial charge in [0.1, 0.15) is 5.69 Å². The highest BCUT2D eigenvalue weighted by molar-refractivity contribution is 6.08. The summed E-state index contributed by atoms with van der Waals surface area (Å²) in [6, 6.07) is 16.9. The van der Waals surface area contributed by atoms with E-state index in [1.165, 1.54) is 7.05 Å². The molecule has 1 aromatic heterocycles. The van der Waals surface area contributed by atoms with Crippen molar-refractivity contribution in [2.24, 2.45) is 5.73 Å². The minimum absolute atomic E-state index is 0.102. The summed E-state index contributed by atoms with van der Waals surface area (Å²) in [6.45, 7) is 0. The van der Waals surface area contributed by atoms with Crippen LogP contribution in [0.2, 0.25) is 0 Å². The number of hydrogen-bond donors (Lipinski definition) is 4. The number of H-pyrrole nitrogens is 1. The van der Waals surface area contributed by atoms with Gasteiger partial charge in [0.25, 0.3) is 5.91 Å². The van der Waals surface area contributed by atoms with Crippen molar-refractivity contribution in [2.45, 2.75) is 12.8 Å². The van der Waals surface area contributed by atoms with Crippen molar-refractivity contribution >= 4 is 34.4 Å². The third-order valence-electron chi connectivity index (χ3n) is 4.31. The third-order valence-corrected chi connectivity index (χ3v) is 4.31. The van der Waals surface area contributed by atoms with E-state index in [9.17, 15) is 9.59 Å². The van der Waals surface area contributed by atoms with Gasteiger partial charge in [0, 0.05) is 18.9 Å². The molecule has 0 saturated heterocycles. The summed E-state index contributed by atoms with van der Waals surface area (Å²) < 4.78 is 0. The number of hydrogen-bond acceptors (Lipinski definition) is 3. The molecule has 5 N–H and O–H groups in total. The highest BCUT2D eigenvalue weighted by Crippen LogP contribution is 2.24. The highest BCUT2D eigenvalue weighted by atomic mass is 16.2. The lowest BCUT2D eigenvalue weighted by Crippen LogP contribution is -2.38. The molecule has 0 aliphatic heterocycles. The maximum Gasteiger partial charge on any atom is 0.276 e. The van der Waals surface area contributed by atoms with E-state index in [0.717, 1.165) is 15.8 Å². The molecule has 0 fully saturated rings. The van der Waals surface area contributed by atoms with Crippen LogP contribution in [0.25, 0.3) is 10.9 Å². The molecule has 0 atom stereocenters. The minimum atomic E-state index is -0.417. The average Bonchev–Trinajstić information content (AvgIpc) is 3.11. The summed E-state index contributed by atoms with van der Waals surface area (Å²) in [5.74, 6) is -0.858. The number of guanidine groups is 1. The molecule has 0 unspecified atom stereocenters. The number of carbonyl (C=O) groups is 2. The van der Waals surface area contributed by atoms with Gasteiger partial charge < -0.3 is 16.0 Å². The molecule has 0 saturated carbocycles. The Morgan fingerprint density at radius 1 is 1.15 bits per heavy atom. The van der Waals surface area contributed by atoms with Crippen LogP contribution in [0.4, 0.5) is 5.69 Å². The van der Waals surface area contributed by atoms with Crippen molar-refractivity contribution in [3.8, 4) is 0 Å². The fourth-order valence-corrected chi connectivity index (χ4v) is 2.78. The van der Waals surface area contributed by atoms with E-state index in [1.54, 1.807) is 12.1 Å². The minimum Gasteiger partial charge on any atom is -0.370 e. The van der Waals surface area contributed by atoms with E-state index in [1.807, 2.05) is 42.5 Å². The Labute approximate surface area is 156 Å². The van der Waals surface area contributed by atoms with Gasteiger partial charge in [-0.3, -0.25) is 19.9 Å². The first-order valence-corrected chi connectivity index (χ1v) is 8.53. The van der Waals surface area contributed by atoms with Crippen LogP contribution >= 0.6 is 0 Å². The van der Waals surface area contributed by atoms with Gasteiger partial charge >= 0.3 is 0 Å². The van der Waals surface area contributed by atoms with Gasteiger partial charge in [0.05, 0.1) is 11.2 Å². The van der Waals surface area contributed by atoms with Gasteiger partial charge in [0.15, 0.2) is 5.96 Å². The molecular weight excluding hydrogens is 342 g/mol. The van der Waals surface area contributed by atoms with Crippen LogP contribution in [-0.4, -0.2) is 34.7 Å². The maximum absolute atomic E-state index is 12.3. The van der Waals surface area contributed by atoms with Crippen LogP contribution in [0.3, 0.4) is 0 Å². The Bertz CT molecular complexity index is 994. The predicted molar refractivity (Wildman–Crippen MR) is 106 cm³/mol. The zero-order chi connectivity index (χ0) is 19.4. The largest absolute Gasteiger partial charge is 0.370 e. The second kappa shape index (κ2) is 7.74. The van der Waals surface area contributed by atoms with E-state index in [4.69, 9.17) is 11.1 Å². The molecule has 3 rings (SSSR count). The first-order chi connectivity index (χ1) is 13.0. The van der Waals surface area contributed by atoms with E-state index in [-0.39, 0.29) is 11.9 Å². The number of carbonyl (C=O) groups excluding carboxylic acids is 2. The number of aromatic nitrogens is 1. The summed E-state index contributed by atoms with van der Waals surface area (Å²) in [7, 11) is 1.43. The van der Waals surface area contributed by atoms with E-state index >= 15 is 0 Å². The molecule has 0 aliphatic carbocycles. The molecule has 2 aromatic carbocycles. The van der Waals surface area contributed by atoms with Crippen molar-refractivity contribution in [3.05, 3.63) is 65.9 Å². The number of amides is 2. The lowest BCUT2D eigenvalue weighted by molar-refractivity contribution is -0.116. The van der Waals surface area contributed by atoms with Gasteiger partial charge in [0.2, 0.25) is 5.91 Å². The molecular formula is C20H21N5O2. The van der Waals surface area contributed by atoms with Crippen molar-refractivity contribution in [3.63, 3.8) is 0 Å². The molecule has 138 valence electrons. The monoisotopic (exact) mass is 363 g/mol. The van der Waals surface area contributed by atoms with Gasteiger partial charge in [-0.15, -0.1) is 0 Å². The summed E-state index contributed by atoms with van der Waals surface area (Å²) in [5.41, 5.74) is 8.03. The Morgan fingerprint density at radius 2 is 1.89 bits per heavy atom. The number of para-hydroxylation sites is 1. The van der Waals surface area contributed by atoms with Crippen LogP contribution in [-0.2, 0) is 11.2 Å². The lowest BCUT2D eigenvalue weighted by atomic mass is 10.1. The van der Waals surface area contributed by atoms with E-state index < -0.39 is 5.91 Å². The molecule has 0 bridgehead atoms. The number of rotatable bonds is 5. The summed E-state index contributed by atoms with van der Waals surface area (Å²) >= 11 is 0. The number of nitrogens with one attached hydrogen (secondary N) is 3. The van der Waals surface area contributed by atoms with E-state index in [0.29, 0.717) is 29.7 Å². The fraction of sp³-hybridized carbons (Fsp3) is 0.150. The van der Waals surface area contributed by atoms with Crippen LogP contribution in [0, 0.1) is 5.41 Å². The highest BCUT2D eigenvalue weighted by Gasteiger charge is 2.17. The van der Waals surface area contributed by atoms with Gasteiger partial charge in [-0.25, -0.2) is 0 Å². The van der Waals surface area contributed by atoms with Crippen molar-refractivity contribution < 1.29 is 9.59 Å². The quantitative estimate of drug-likeness (QED) is 0.412. The number of anilines is 1. The number of nitrogens with two attached hydrogens (primary N) is 1. The molecule has 27 heavy (non-hydrogen) atoms. The molecule has 0 spiro atoms. The fourth-order valence-electron chi connectivity index (χ4n) is 2.78. The topological polar surface area (TPSA) is 115 Å². The van der Waals surface area contributed by atoms with Crippen LogP contribution in [0.1, 0.15) is 22.5 Å². The number of benzene rings is 2. The molecule has 0 radical (unpaired) electrons. The molecule has 2 amide bonds. The smallest absolute Gasteiger partial charge is 0.276 e. The SMILES string of the molecule is CN(C(=N)N)C(=O)c1cc2cccc(NC(=O)CCc3ccccc3)c2[nH]1. The molecule has 0 aliphatic rings. The number of nitrogens with zero attached hydrogens (tertiary/aromatic N) is 1. The second-order valence-corrected chi connectivity index (χ2v) is 6.24. The van der Waals surface area contributed by atoms with Gasteiger partial charge in [-0.2, -0.15) is 0 Å². The van der Waals surface area contributed by atoms with E-state index in [2.05, 4.69) is 10.3 Å². The molecule has 3 aromatic rings. The predicted octanol–water partition coefficient (Wildman–Crippen LogP) is 2.70. The number of aryl methyl sites for hydroxylation is 1. The molecule has 7 heteroatoms.